The Morgan fingerprint density at radius 2 is 1.83 bits per heavy atom. The summed E-state index contributed by atoms with van der Waals surface area (Å²) in [6, 6.07) is 0.308. The van der Waals surface area contributed by atoms with E-state index in [1.54, 1.807) is 0 Å². The third kappa shape index (κ3) is 5.85. The van der Waals surface area contributed by atoms with Crippen LogP contribution in [-0.4, -0.2) is 11.8 Å². The van der Waals surface area contributed by atoms with Crippen molar-refractivity contribution in [3.05, 3.63) is 35.7 Å². The maximum Gasteiger partial charge on any atom is 0.0898 e. The molecule has 1 N–H and O–H groups in total. The number of nitrogens with zero attached hydrogens (tertiary/aromatic N) is 1. The van der Waals surface area contributed by atoms with Gasteiger partial charge in [0, 0.05) is 19.2 Å². The molecule has 0 aromatic carbocycles. The highest BCUT2D eigenvalue weighted by atomic mass is 14.9. The van der Waals surface area contributed by atoms with Crippen molar-refractivity contribution < 1.29 is 1.43 Å². The topological polar surface area (TPSA) is 24.4 Å². The predicted octanol–water partition coefficient (Wildman–Crippen LogP) is 5.10. The minimum atomic E-state index is 0. The molecule has 0 spiro atoms. The third-order valence-corrected chi connectivity index (χ3v) is 2.02. The largest absolute Gasteiger partial charge is 0.360 e. The van der Waals surface area contributed by atoms with Crippen LogP contribution in [-0.2, 0) is 0 Å². The molecule has 2 nitrogen and oxygen atoms in total. The first kappa shape index (κ1) is 19.0. The molecule has 0 saturated carbocycles. The lowest BCUT2D eigenvalue weighted by atomic mass is 10.1. The number of aliphatic imine (C=N–C) groups is 1. The summed E-state index contributed by atoms with van der Waals surface area (Å²) >= 11 is 0. The Morgan fingerprint density at radius 1 is 1.33 bits per heavy atom. The van der Waals surface area contributed by atoms with E-state index in [2.05, 4.69) is 30.7 Å². The van der Waals surface area contributed by atoms with E-state index in [-0.39, 0.29) is 1.43 Å². The molecule has 0 radical (unpaired) electrons. The van der Waals surface area contributed by atoms with Crippen molar-refractivity contribution in [1.29, 1.82) is 0 Å². The van der Waals surface area contributed by atoms with Crippen molar-refractivity contribution in [2.45, 2.75) is 61.4 Å². The van der Waals surface area contributed by atoms with Gasteiger partial charge >= 0.3 is 0 Å². The SMILES string of the molecule is C=C(C)C1=CN/C(=C/C)C1=NC(C)C.CC.CC.[HH]. The monoisotopic (exact) mass is 252 g/mol. The van der Waals surface area contributed by atoms with Gasteiger partial charge in [0.2, 0.25) is 0 Å². The third-order valence-electron chi connectivity index (χ3n) is 2.02. The van der Waals surface area contributed by atoms with Gasteiger partial charge in [0.25, 0.3) is 0 Å². The predicted molar refractivity (Wildman–Crippen MR) is 87.2 cm³/mol. The standard InChI is InChI=1S/C12H18N2.2C2H6.H2/c1-6-11-12(14-9(4)5)10(7-13-11)8(2)3;2*1-2;/h6-7,9,13H,2H2,1,3-5H3;2*1-2H3;1H/b11-6+,14-12?;;;. The van der Waals surface area contributed by atoms with Crippen LogP contribution in [0.5, 0.6) is 0 Å². The van der Waals surface area contributed by atoms with Gasteiger partial charge in [0.1, 0.15) is 0 Å². The second-order valence-electron chi connectivity index (χ2n) is 3.76. The number of rotatable bonds is 2. The quantitative estimate of drug-likeness (QED) is 0.726. The normalized spacial score (nSPS) is 17.5. The van der Waals surface area contributed by atoms with Gasteiger partial charge in [-0.05, 0) is 33.3 Å². The number of nitrogens with one attached hydrogen (secondary N) is 1. The van der Waals surface area contributed by atoms with Crippen LogP contribution in [0.1, 0.15) is 56.8 Å². The fraction of sp³-hybridized carbons (Fsp3) is 0.562. The minimum Gasteiger partial charge on any atom is -0.360 e. The zero-order chi connectivity index (χ0) is 14.7. The molecule has 18 heavy (non-hydrogen) atoms. The Labute approximate surface area is 115 Å². The first-order valence-corrected chi connectivity index (χ1v) is 6.93. The minimum absolute atomic E-state index is 0. The van der Waals surface area contributed by atoms with E-state index < -0.39 is 0 Å². The van der Waals surface area contributed by atoms with Gasteiger partial charge in [0.05, 0.1) is 11.4 Å². The number of allylic oxidation sites excluding steroid dienone is 3. The first-order valence-electron chi connectivity index (χ1n) is 6.93. The molecule has 1 aliphatic rings. The average Bonchev–Trinajstić information content (AvgIpc) is 2.76. The summed E-state index contributed by atoms with van der Waals surface area (Å²) in [6.45, 7) is 20.1. The Morgan fingerprint density at radius 3 is 2.17 bits per heavy atom. The lowest BCUT2D eigenvalue weighted by molar-refractivity contribution is 0.836. The van der Waals surface area contributed by atoms with Crippen LogP contribution in [0.2, 0.25) is 0 Å². The summed E-state index contributed by atoms with van der Waals surface area (Å²) in [5.74, 6) is 0. The molecule has 2 heteroatoms. The van der Waals surface area contributed by atoms with Gasteiger partial charge in [-0.3, -0.25) is 4.99 Å². The van der Waals surface area contributed by atoms with E-state index in [9.17, 15) is 0 Å². The molecule has 0 atom stereocenters. The molecule has 1 aliphatic heterocycles. The van der Waals surface area contributed by atoms with Gasteiger partial charge in [-0.2, -0.15) is 0 Å². The van der Waals surface area contributed by atoms with Crippen LogP contribution in [0.4, 0.5) is 0 Å². The van der Waals surface area contributed by atoms with Crippen molar-refractivity contribution in [3.8, 4) is 0 Å². The molecule has 0 aromatic heterocycles. The second-order valence-corrected chi connectivity index (χ2v) is 3.76. The Balaban J connectivity index is -0.000000467. The van der Waals surface area contributed by atoms with Crippen molar-refractivity contribution in [3.63, 3.8) is 0 Å². The molecule has 0 fully saturated rings. The average molecular weight is 252 g/mol. The van der Waals surface area contributed by atoms with Crippen LogP contribution in [0.25, 0.3) is 0 Å². The van der Waals surface area contributed by atoms with Crippen LogP contribution in [0.3, 0.4) is 0 Å². The molecular weight excluding hydrogens is 220 g/mol. The summed E-state index contributed by atoms with van der Waals surface area (Å²) < 4.78 is 0. The van der Waals surface area contributed by atoms with Gasteiger partial charge in [-0.25, -0.2) is 0 Å². The van der Waals surface area contributed by atoms with E-state index in [4.69, 9.17) is 0 Å². The van der Waals surface area contributed by atoms with Crippen molar-refractivity contribution in [2.24, 2.45) is 4.99 Å². The van der Waals surface area contributed by atoms with E-state index in [1.807, 2.05) is 53.8 Å². The molecule has 0 unspecified atom stereocenters. The fourth-order valence-electron chi connectivity index (χ4n) is 1.37. The summed E-state index contributed by atoms with van der Waals surface area (Å²) in [5, 5.41) is 3.20. The highest BCUT2D eigenvalue weighted by Gasteiger charge is 2.18. The lowest BCUT2D eigenvalue weighted by Crippen LogP contribution is -2.10. The van der Waals surface area contributed by atoms with Crippen LogP contribution < -0.4 is 5.32 Å². The summed E-state index contributed by atoms with van der Waals surface area (Å²) in [5.41, 5.74) is 4.28. The Kier molecular flexibility index (Phi) is 11.4. The molecule has 0 bridgehead atoms. The van der Waals surface area contributed by atoms with E-state index in [0.717, 1.165) is 22.6 Å². The highest BCUT2D eigenvalue weighted by molar-refractivity contribution is 6.16. The molecule has 106 valence electrons. The van der Waals surface area contributed by atoms with Gasteiger partial charge in [-0.15, -0.1) is 0 Å². The molecular formula is C16H32N2. The molecule has 1 rings (SSSR count). The van der Waals surface area contributed by atoms with E-state index >= 15 is 0 Å². The van der Waals surface area contributed by atoms with Crippen molar-refractivity contribution in [2.75, 3.05) is 0 Å². The van der Waals surface area contributed by atoms with E-state index in [0.29, 0.717) is 6.04 Å². The summed E-state index contributed by atoms with van der Waals surface area (Å²) in [6.07, 6.45) is 4.01. The molecule has 0 aromatic rings. The molecule has 0 saturated heterocycles. The fourth-order valence-corrected chi connectivity index (χ4v) is 1.37. The molecule has 0 aliphatic carbocycles. The van der Waals surface area contributed by atoms with Gasteiger partial charge < -0.3 is 5.32 Å². The second kappa shape index (κ2) is 10.8. The first-order chi connectivity index (χ1) is 8.56. The maximum absolute atomic E-state index is 4.59. The Hall–Kier alpha value is -1.31. The smallest absolute Gasteiger partial charge is 0.0898 e. The lowest BCUT2D eigenvalue weighted by Gasteiger charge is -2.07. The van der Waals surface area contributed by atoms with Crippen molar-refractivity contribution in [1.82, 2.24) is 5.32 Å². The maximum atomic E-state index is 4.59. The van der Waals surface area contributed by atoms with Crippen LogP contribution in [0, 0.1) is 0 Å². The molecule has 1 heterocycles. The van der Waals surface area contributed by atoms with Crippen molar-refractivity contribution >= 4 is 5.71 Å². The Bertz CT molecular complexity index is 337. The zero-order valence-electron chi connectivity index (χ0n) is 13.4. The van der Waals surface area contributed by atoms with Gasteiger partial charge in [0.15, 0.2) is 0 Å². The highest BCUT2D eigenvalue weighted by Crippen LogP contribution is 2.19. The number of hydrogen-bond donors (Lipinski definition) is 1. The van der Waals surface area contributed by atoms with Gasteiger partial charge in [-0.1, -0.05) is 40.3 Å². The zero-order valence-corrected chi connectivity index (χ0v) is 13.4. The molecule has 0 amide bonds. The van der Waals surface area contributed by atoms with Crippen LogP contribution >= 0.6 is 0 Å². The summed E-state index contributed by atoms with van der Waals surface area (Å²) in [4.78, 5) is 4.59. The summed E-state index contributed by atoms with van der Waals surface area (Å²) in [7, 11) is 0. The van der Waals surface area contributed by atoms with E-state index in [1.165, 1.54) is 0 Å². The number of hydrogen-bond acceptors (Lipinski definition) is 2. The van der Waals surface area contributed by atoms with Crippen LogP contribution in [0.15, 0.2) is 40.7 Å².